The van der Waals surface area contributed by atoms with Crippen LogP contribution in [0, 0.1) is 19.3 Å². The van der Waals surface area contributed by atoms with Gasteiger partial charge in [0.2, 0.25) is 5.92 Å². The summed E-state index contributed by atoms with van der Waals surface area (Å²) in [7, 11) is 0. The van der Waals surface area contributed by atoms with Gasteiger partial charge in [0, 0.05) is 91.2 Å². The van der Waals surface area contributed by atoms with E-state index in [0.29, 0.717) is 13.1 Å². The van der Waals surface area contributed by atoms with Gasteiger partial charge in [0.1, 0.15) is 12.1 Å². The molecule has 36 heavy (non-hydrogen) atoms. The van der Waals surface area contributed by atoms with Gasteiger partial charge in [0.25, 0.3) is 0 Å². The number of anilines is 2. The molecule has 3 aliphatic rings. The Kier molecular flexibility index (Phi) is 4.44. The Balaban J connectivity index is 1.10. The molecule has 1 saturated heterocycles. The molecule has 4 aromatic heterocycles. The lowest BCUT2D eigenvalue weighted by atomic mass is 9.61. The number of aryl methyl sites for hydroxylation is 1. The summed E-state index contributed by atoms with van der Waals surface area (Å²) in [5.74, 6) is -0.688. The molecule has 0 unspecified atom stereocenters. The second-order valence-corrected chi connectivity index (χ2v) is 10.6. The molecule has 0 N–H and O–H groups in total. The lowest BCUT2D eigenvalue weighted by Gasteiger charge is -2.59. The number of halogens is 2. The molecule has 2 aliphatic heterocycles. The van der Waals surface area contributed by atoms with Crippen molar-refractivity contribution in [3.63, 3.8) is 0 Å². The third kappa shape index (κ3) is 3.34. The minimum absolute atomic E-state index is 0.00801. The fraction of sp³-hybridized carbons (Fsp3) is 0.423. The number of pyridine rings is 2. The van der Waals surface area contributed by atoms with Crippen LogP contribution in [0.5, 0.6) is 0 Å². The van der Waals surface area contributed by atoms with Gasteiger partial charge in [0.15, 0.2) is 11.5 Å². The third-order valence-corrected chi connectivity index (χ3v) is 8.03. The molecule has 0 aromatic carbocycles. The first-order chi connectivity index (χ1) is 17.3. The predicted octanol–water partition coefficient (Wildman–Crippen LogP) is 4.00. The molecule has 0 radical (unpaired) electrons. The molecule has 1 spiro atoms. The van der Waals surface area contributed by atoms with Gasteiger partial charge in [-0.25, -0.2) is 13.8 Å². The molecule has 2 fully saturated rings. The predicted molar refractivity (Wildman–Crippen MR) is 131 cm³/mol. The Labute approximate surface area is 207 Å². The fourth-order valence-electron chi connectivity index (χ4n) is 6.07. The zero-order chi connectivity index (χ0) is 24.7. The van der Waals surface area contributed by atoms with Crippen LogP contribution in [-0.2, 0) is 13.0 Å². The molecule has 7 rings (SSSR count). The van der Waals surface area contributed by atoms with E-state index in [1.165, 1.54) is 5.56 Å². The van der Waals surface area contributed by atoms with E-state index in [2.05, 4.69) is 44.9 Å². The topological polar surface area (TPSA) is 75.3 Å². The van der Waals surface area contributed by atoms with Gasteiger partial charge >= 0.3 is 0 Å². The van der Waals surface area contributed by atoms with E-state index >= 15 is 0 Å². The quantitative estimate of drug-likeness (QED) is 0.432. The Morgan fingerprint density at radius 1 is 0.944 bits per heavy atom. The largest absolute Gasteiger partial charge is 0.355 e. The van der Waals surface area contributed by atoms with Crippen LogP contribution < -0.4 is 9.80 Å². The van der Waals surface area contributed by atoms with Gasteiger partial charge < -0.3 is 9.80 Å². The second-order valence-electron chi connectivity index (χ2n) is 10.6. The Bertz CT molecular complexity index is 1480. The summed E-state index contributed by atoms with van der Waals surface area (Å²) in [5.41, 5.74) is 7.08. The Hall–Kier alpha value is -3.69. The fourth-order valence-corrected chi connectivity index (χ4v) is 6.07. The van der Waals surface area contributed by atoms with Crippen molar-refractivity contribution >= 4 is 17.3 Å². The Morgan fingerprint density at radius 2 is 1.75 bits per heavy atom. The normalized spacial score (nSPS) is 19.8. The number of aromatic nitrogens is 6. The van der Waals surface area contributed by atoms with Crippen LogP contribution >= 0.6 is 0 Å². The van der Waals surface area contributed by atoms with Gasteiger partial charge in [-0.2, -0.15) is 4.52 Å². The van der Waals surface area contributed by atoms with Crippen LogP contribution in [0.4, 0.5) is 20.4 Å². The summed E-state index contributed by atoms with van der Waals surface area (Å²) >= 11 is 0. The lowest BCUT2D eigenvalue weighted by molar-refractivity contribution is -0.170. The zero-order valence-electron chi connectivity index (χ0n) is 20.2. The summed E-state index contributed by atoms with van der Waals surface area (Å²) in [4.78, 5) is 13.8. The number of hydrogen-bond acceptors (Lipinski definition) is 7. The zero-order valence-corrected chi connectivity index (χ0v) is 20.2. The first kappa shape index (κ1) is 21.6. The van der Waals surface area contributed by atoms with Crippen LogP contribution in [-0.4, -0.2) is 55.3 Å². The Morgan fingerprint density at radius 3 is 2.50 bits per heavy atom. The van der Waals surface area contributed by atoms with Crippen molar-refractivity contribution in [2.45, 2.75) is 45.6 Å². The molecule has 1 saturated carbocycles. The number of rotatable bonds is 3. The van der Waals surface area contributed by atoms with E-state index in [0.717, 1.165) is 64.7 Å². The highest BCUT2D eigenvalue weighted by Gasteiger charge is 2.61. The SMILES string of the molecule is Cc1c(N2CCc3ncc(-c4ccc(N5CC6(C5)CC(F)(F)C6)nc4)cc3C2)nn2cnnc2c1C. The molecule has 0 amide bonds. The molecule has 1 aliphatic carbocycles. The minimum Gasteiger partial charge on any atom is -0.355 e. The van der Waals surface area contributed by atoms with Gasteiger partial charge in [-0.05, 0) is 37.6 Å². The van der Waals surface area contributed by atoms with E-state index in [-0.39, 0.29) is 18.3 Å². The van der Waals surface area contributed by atoms with Gasteiger partial charge in [-0.15, -0.1) is 15.3 Å². The highest BCUT2D eigenvalue weighted by molar-refractivity contribution is 5.65. The summed E-state index contributed by atoms with van der Waals surface area (Å²) in [6, 6.07) is 6.22. The smallest absolute Gasteiger partial charge is 0.249 e. The standard InChI is InChI=1S/C26H26F2N8/c1-16-17(2)24(33-36-15-31-32-23(16)36)34-6-5-21-20(10-34)7-19(9-29-21)18-3-4-22(30-8-18)35-13-25(14-35)11-26(27,28)12-25/h3-4,7-9,15H,5-6,10-14H2,1-2H3. The summed E-state index contributed by atoms with van der Waals surface area (Å²) in [6.07, 6.45) is 6.28. The van der Waals surface area contributed by atoms with Crippen LogP contribution in [0.25, 0.3) is 16.8 Å². The van der Waals surface area contributed by atoms with Gasteiger partial charge in [-0.1, -0.05) is 0 Å². The maximum atomic E-state index is 13.3. The maximum Gasteiger partial charge on any atom is 0.249 e. The van der Waals surface area contributed by atoms with Crippen molar-refractivity contribution < 1.29 is 8.78 Å². The minimum atomic E-state index is -2.48. The number of hydrogen-bond donors (Lipinski definition) is 0. The average Bonchev–Trinajstić information content (AvgIpc) is 3.31. The van der Waals surface area contributed by atoms with Crippen LogP contribution in [0.1, 0.15) is 35.2 Å². The maximum absolute atomic E-state index is 13.3. The first-order valence-electron chi connectivity index (χ1n) is 12.3. The van der Waals surface area contributed by atoms with Gasteiger partial charge in [0.05, 0.1) is 0 Å². The molecular weight excluding hydrogens is 462 g/mol. The monoisotopic (exact) mass is 488 g/mol. The molecule has 184 valence electrons. The van der Waals surface area contributed by atoms with Crippen molar-refractivity contribution in [2.24, 2.45) is 5.41 Å². The molecule has 10 heteroatoms. The molecular formula is C26H26F2N8. The molecule has 0 atom stereocenters. The molecule has 6 heterocycles. The number of nitrogens with zero attached hydrogens (tertiary/aromatic N) is 8. The second kappa shape index (κ2) is 7.41. The molecule has 8 nitrogen and oxygen atoms in total. The molecule has 4 aromatic rings. The van der Waals surface area contributed by atoms with Crippen LogP contribution in [0.15, 0.2) is 36.9 Å². The number of alkyl halides is 2. The lowest BCUT2D eigenvalue weighted by Crippen LogP contribution is -2.66. The average molecular weight is 489 g/mol. The van der Waals surface area contributed by atoms with E-state index in [1.807, 2.05) is 24.5 Å². The van der Waals surface area contributed by atoms with E-state index < -0.39 is 5.92 Å². The van der Waals surface area contributed by atoms with E-state index in [9.17, 15) is 8.78 Å². The first-order valence-corrected chi connectivity index (χ1v) is 12.3. The highest BCUT2D eigenvalue weighted by atomic mass is 19.3. The van der Waals surface area contributed by atoms with E-state index in [1.54, 1.807) is 10.8 Å². The summed E-state index contributed by atoms with van der Waals surface area (Å²) in [5, 5.41) is 13.0. The highest BCUT2D eigenvalue weighted by Crippen LogP contribution is 2.57. The molecule has 0 bridgehead atoms. The van der Waals surface area contributed by atoms with E-state index in [4.69, 9.17) is 10.1 Å². The number of fused-ring (bicyclic) bond motifs is 2. The summed E-state index contributed by atoms with van der Waals surface area (Å²) < 4.78 is 28.3. The summed E-state index contributed by atoms with van der Waals surface area (Å²) in [6.45, 7) is 7.04. The third-order valence-electron chi connectivity index (χ3n) is 8.03. The van der Waals surface area contributed by atoms with Crippen molar-refractivity contribution in [1.82, 2.24) is 29.8 Å². The van der Waals surface area contributed by atoms with Crippen molar-refractivity contribution in [1.29, 1.82) is 0 Å². The van der Waals surface area contributed by atoms with Crippen molar-refractivity contribution in [2.75, 3.05) is 29.4 Å². The van der Waals surface area contributed by atoms with Crippen LogP contribution in [0.2, 0.25) is 0 Å². The van der Waals surface area contributed by atoms with Gasteiger partial charge in [-0.3, -0.25) is 4.98 Å². The van der Waals surface area contributed by atoms with Crippen molar-refractivity contribution in [3.8, 4) is 11.1 Å². The van der Waals surface area contributed by atoms with Crippen LogP contribution in [0.3, 0.4) is 0 Å². The van der Waals surface area contributed by atoms with Crippen molar-refractivity contribution in [3.05, 3.63) is 59.3 Å².